The fourth-order valence-electron chi connectivity index (χ4n) is 3.02. The number of sulfonamides is 1. The Morgan fingerprint density at radius 3 is 2.32 bits per heavy atom. The maximum atomic E-state index is 12.6. The van der Waals surface area contributed by atoms with Crippen molar-refractivity contribution in [3.8, 4) is 0 Å². The van der Waals surface area contributed by atoms with E-state index < -0.39 is 10.0 Å². The van der Waals surface area contributed by atoms with Gasteiger partial charge in [0.25, 0.3) is 5.91 Å². The molecule has 1 amide bonds. The van der Waals surface area contributed by atoms with Gasteiger partial charge in [-0.2, -0.15) is 0 Å². The van der Waals surface area contributed by atoms with E-state index in [0.29, 0.717) is 30.3 Å². The van der Waals surface area contributed by atoms with Crippen LogP contribution in [0, 0.1) is 0 Å². The molecule has 1 aliphatic heterocycles. The van der Waals surface area contributed by atoms with Crippen LogP contribution in [0.3, 0.4) is 0 Å². The third kappa shape index (κ3) is 2.84. The van der Waals surface area contributed by atoms with Crippen molar-refractivity contribution in [1.82, 2.24) is 4.90 Å². The molecule has 0 bridgehead atoms. The number of rotatable bonds is 4. The van der Waals surface area contributed by atoms with Crippen LogP contribution in [0.1, 0.15) is 43.5 Å². The molecule has 0 radical (unpaired) electrons. The molecule has 1 aromatic carbocycles. The van der Waals surface area contributed by atoms with Crippen molar-refractivity contribution >= 4 is 21.6 Å². The summed E-state index contributed by atoms with van der Waals surface area (Å²) >= 11 is 0. The van der Waals surface area contributed by atoms with Crippen LogP contribution in [-0.4, -0.2) is 43.6 Å². The largest absolute Gasteiger partial charge is 0.333 e. The highest BCUT2D eigenvalue weighted by molar-refractivity contribution is 7.93. The second-order valence-electron chi connectivity index (χ2n) is 6.33. The van der Waals surface area contributed by atoms with E-state index in [1.165, 1.54) is 4.31 Å². The maximum absolute atomic E-state index is 12.6. The van der Waals surface area contributed by atoms with Crippen LogP contribution in [0.15, 0.2) is 24.3 Å². The van der Waals surface area contributed by atoms with Crippen LogP contribution in [0.5, 0.6) is 0 Å². The van der Waals surface area contributed by atoms with Crippen LogP contribution in [0.4, 0.5) is 5.69 Å². The Balaban J connectivity index is 1.80. The SMILES string of the molecule is CC(C)N(C(=O)c1ccc(N2CCCS2(=O)=O)cc1)C1CC1. The molecule has 0 atom stereocenters. The number of hydrogen-bond donors (Lipinski definition) is 0. The molecule has 1 aromatic rings. The average molecular weight is 322 g/mol. The maximum Gasteiger partial charge on any atom is 0.254 e. The molecule has 22 heavy (non-hydrogen) atoms. The smallest absolute Gasteiger partial charge is 0.254 e. The first kappa shape index (κ1) is 15.3. The quantitative estimate of drug-likeness (QED) is 0.854. The summed E-state index contributed by atoms with van der Waals surface area (Å²) < 4.78 is 25.3. The monoisotopic (exact) mass is 322 g/mol. The lowest BCUT2D eigenvalue weighted by Gasteiger charge is -2.27. The Kier molecular flexibility index (Phi) is 3.89. The standard InChI is InChI=1S/C16H22N2O3S/c1-12(2)18(15-8-9-15)16(19)13-4-6-14(7-5-13)17-10-3-11-22(17,20)21/h4-7,12,15H,3,8-11H2,1-2H3. The number of carbonyl (C=O) groups is 1. The van der Waals surface area contributed by atoms with Crippen LogP contribution in [-0.2, 0) is 10.0 Å². The lowest BCUT2D eigenvalue weighted by Crippen LogP contribution is -2.38. The number of nitrogens with zero attached hydrogens (tertiary/aromatic N) is 2. The summed E-state index contributed by atoms with van der Waals surface area (Å²) in [5.41, 5.74) is 1.28. The lowest BCUT2D eigenvalue weighted by molar-refractivity contribution is 0.0690. The molecule has 1 saturated heterocycles. The molecule has 0 N–H and O–H groups in total. The molecule has 1 heterocycles. The van der Waals surface area contributed by atoms with E-state index in [2.05, 4.69) is 0 Å². The summed E-state index contributed by atoms with van der Waals surface area (Å²) in [6, 6.07) is 7.50. The molecule has 1 aliphatic carbocycles. The summed E-state index contributed by atoms with van der Waals surface area (Å²) in [6.07, 6.45) is 2.81. The Morgan fingerprint density at radius 2 is 1.86 bits per heavy atom. The zero-order valence-corrected chi connectivity index (χ0v) is 13.8. The minimum absolute atomic E-state index is 0.0355. The van der Waals surface area contributed by atoms with Crippen molar-refractivity contribution < 1.29 is 13.2 Å². The predicted molar refractivity (Wildman–Crippen MR) is 86.5 cm³/mol. The Labute approximate surface area is 132 Å². The highest BCUT2D eigenvalue weighted by atomic mass is 32.2. The molecule has 0 spiro atoms. The first-order valence-electron chi connectivity index (χ1n) is 7.83. The minimum Gasteiger partial charge on any atom is -0.333 e. The molecule has 0 unspecified atom stereocenters. The Hall–Kier alpha value is -1.56. The molecule has 1 saturated carbocycles. The topological polar surface area (TPSA) is 57.7 Å². The molecule has 5 nitrogen and oxygen atoms in total. The van der Waals surface area contributed by atoms with E-state index in [9.17, 15) is 13.2 Å². The third-order valence-corrected chi connectivity index (χ3v) is 6.10. The molecule has 3 rings (SSSR count). The van der Waals surface area contributed by atoms with Gasteiger partial charge in [0.15, 0.2) is 0 Å². The summed E-state index contributed by atoms with van der Waals surface area (Å²) in [6.45, 7) is 4.58. The molecule has 120 valence electrons. The van der Waals surface area contributed by atoms with Crippen LogP contribution < -0.4 is 4.31 Å². The average Bonchev–Trinajstić information content (AvgIpc) is 3.21. The summed E-state index contributed by atoms with van der Waals surface area (Å²) in [5.74, 6) is 0.240. The predicted octanol–water partition coefficient (Wildman–Crippen LogP) is 2.24. The van der Waals surface area contributed by atoms with Crippen molar-refractivity contribution in [2.24, 2.45) is 0 Å². The molecular formula is C16H22N2O3S. The number of anilines is 1. The van der Waals surface area contributed by atoms with E-state index in [0.717, 1.165) is 12.8 Å². The Bertz CT molecular complexity index is 661. The van der Waals surface area contributed by atoms with E-state index in [1.807, 2.05) is 18.7 Å². The molecule has 2 aliphatic rings. The van der Waals surface area contributed by atoms with Gasteiger partial charge in [-0.1, -0.05) is 0 Å². The summed E-state index contributed by atoms with van der Waals surface area (Å²) in [4.78, 5) is 14.6. The number of amides is 1. The van der Waals surface area contributed by atoms with Gasteiger partial charge in [0.2, 0.25) is 10.0 Å². The molecule has 0 aromatic heterocycles. The van der Waals surface area contributed by atoms with Gasteiger partial charge in [-0.05, 0) is 57.4 Å². The second-order valence-corrected chi connectivity index (χ2v) is 8.34. The highest BCUT2D eigenvalue weighted by Crippen LogP contribution is 2.31. The van der Waals surface area contributed by atoms with E-state index in [4.69, 9.17) is 0 Å². The fourth-order valence-corrected chi connectivity index (χ4v) is 4.59. The number of hydrogen-bond acceptors (Lipinski definition) is 3. The van der Waals surface area contributed by atoms with Crippen molar-refractivity contribution in [3.05, 3.63) is 29.8 Å². The number of benzene rings is 1. The van der Waals surface area contributed by atoms with Crippen LogP contribution in [0.2, 0.25) is 0 Å². The van der Waals surface area contributed by atoms with E-state index in [-0.39, 0.29) is 17.7 Å². The van der Waals surface area contributed by atoms with Gasteiger partial charge in [-0.25, -0.2) is 8.42 Å². The number of carbonyl (C=O) groups excluding carboxylic acids is 1. The second kappa shape index (κ2) is 5.57. The Morgan fingerprint density at radius 1 is 1.23 bits per heavy atom. The lowest BCUT2D eigenvalue weighted by atomic mass is 10.1. The fraction of sp³-hybridized carbons (Fsp3) is 0.562. The van der Waals surface area contributed by atoms with Crippen molar-refractivity contribution in [2.45, 2.75) is 45.2 Å². The van der Waals surface area contributed by atoms with Gasteiger partial charge < -0.3 is 4.90 Å². The van der Waals surface area contributed by atoms with E-state index in [1.54, 1.807) is 24.3 Å². The van der Waals surface area contributed by atoms with Crippen LogP contribution in [0.25, 0.3) is 0 Å². The first-order valence-corrected chi connectivity index (χ1v) is 9.44. The van der Waals surface area contributed by atoms with Gasteiger partial charge in [-0.3, -0.25) is 9.10 Å². The van der Waals surface area contributed by atoms with Gasteiger partial charge in [-0.15, -0.1) is 0 Å². The van der Waals surface area contributed by atoms with Crippen molar-refractivity contribution in [1.29, 1.82) is 0 Å². The molecular weight excluding hydrogens is 300 g/mol. The summed E-state index contributed by atoms with van der Waals surface area (Å²) in [7, 11) is -3.17. The van der Waals surface area contributed by atoms with Crippen molar-refractivity contribution in [3.63, 3.8) is 0 Å². The minimum atomic E-state index is -3.17. The van der Waals surface area contributed by atoms with Crippen LogP contribution >= 0.6 is 0 Å². The third-order valence-electron chi connectivity index (χ3n) is 4.23. The normalized spacial score (nSPS) is 20.4. The van der Waals surface area contributed by atoms with Gasteiger partial charge >= 0.3 is 0 Å². The van der Waals surface area contributed by atoms with Gasteiger partial charge in [0.1, 0.15) is 0 Å². The van der Waals surface area contributed by atoms with E-state index >= 15 is 0 Å². The zero-order chi connectivity index (χ0) is 15.9. The molecule has 6 heteroatoms. The van der Waals surface area contributed by atoms with Crippen molar-refractivity contribution in [2.75, 3.05) is 16.6 Å². The van der Waals surface area contributed by atoms with Gasteiger partial charge in [0.05, 0.1) is 11.4 Å². The first-order chi connectivity index (χ1) is 10.4. The van der Waals surface area contributed by atoms with Gasteiger partial charge in [0, 0.05) is 24.2 Å². The summed E-state index contributed by atoms with van der Waals surface area (Å²) in [5, 5.41) is 0. The zero-order valence-electron chi connectivity index (χ0n) is 13.0. The highest BCUT2D eigenvalue weighted by Gasteiger charge is 2.35. The molecule has 2 fully saturated rings.